The van der Waals surface area contributed by atoms with Gasteiger partial charge in [0.05, 0.1) is 12.2 Å². The largest absolute Gasteiger partial charge is 0.462 e. The van der Waals surface area contributed by atoms with Crippen molar-refractivity contribution in [1.82, 2.24) is 5.32 Å². The maximum atomic E-state index is 12.8. The highest BCUT2D eigenvalue weighted by Gasteiger charge is 2.30. The van der Waals surface area contributed by atoms with Crippen LogP contribution in [0, 0.1) is 19.8 Å². The first kappa shape index (κ1) is 26.4. The number of hydrogen-bond donors (Lipinski definition) is 2. The van der Waals surface area contributed by atoms with Crippen molar-refractivity contribution in [2.24, 2.45) is 5.92 Å². The average Bonchev–Trinajstić information content (AvgIpc) is 3.13. The number of ether oxygens (including phenoxy) is 2. The fraction of sp³-hybridized carbons (Fsp3) is 0.462. The van der Waals surface area contributed by atoms with Gasteiger partial charge in [0.2, 0.25) is 0 Å². The summed E-state index contributed by atoms with van der Waals surface area (Å²) in [4.78, 5) is 51.1. The molecule has 8 nitrogen and oxygen atoms in total. The number of esters is 2. The maximum absolute atomic E-state index is 12.8. The minimum atomic E-state index is -1.12. The number of thiophene rings is 1. The normalized spacial score (nSPS) is 15.5. The van der Waals surface area contributed by atoms with E-state index in [1.54, 1.807) is 19.1 Å². The third kappa shape index (κ3) is 6.69. The molecule has 188 valence electrons. The van der Waals surface area contributed by atoms with Crippen molar-refractivity contribution in [1.29, 1.82) is 0 Å². The van der Waals surface area contributed by atoms with Crippen molar-refractivity contribution in [3.05, 3.63) is 50.9 Å². The minimum absolute atomic E-state index is 0.231. The Morgan fingerprint density at radius 1 is 1.14 bits per heavy atom. The lowest BCUT2D eigenvalue weighted by Crippen LogP contribution is -2.36. The Labute approximate surface area is 209 Å². The number of benzene rings is 1. The molecule has 1 aliphatic rings. The molecule has 0 saturated heterocycles. The summed E-state index contributed by atoms with van der Waals surface area (Å²) in [5, 5.41) is 5.68. The molecular weight excluding hydrogens is 468 g/mol. The zero-order valence-electron chi connectivity index (χ0n) is 20.8. The van der Waals surface area contributed by atoms with Gasteiger partial charge in [-0.1, -0.05) is 24.1 Å². The molecule has 9 heteroatoms. The SMILES string of the molecule is CCOC(=O)c1c(NC(=O)C(C)OC(=O)CNC(=O)c2cc(C)cc(C)c2)sc2c1CCC(C)C2. The Hall–Kier alpha value is -3.20. The smallest absolute Gasteiger partial charge is 0.341 e. The zero-order valence-corrected chi connectivity index (χ0v) is 21.6. The number of anilines is 1. The predicted molar refractivity (Wildman–Crippen MR) is 134 cm³/mol. The maximum Gasteiger partial charge on any atom is 0.341 e. The summed E-state index contributed by atoms with van der Waals surface area (Å²) in [6.45, 7) is 8.96. The van der Waals surface area contributed by atoms with Crippen LogP contribution in [0.5, 0.6) is 0 Å². The summed E-state index contributed by atoms with van der Waals surface area (Å²) < 4.78 is 10.4. The molecule has 2 N–H and O–H groups in total. The van der Waals surface area contributed by atoms with Gasteiger partial charge in [-0.05, 0) is 70.6 Å². The van der Waals surface area contributed by atoms with Gasteiger partial charge >= 0.3 is 11.9 Å². The monoisotopic (exact) mass is 500 g/mol. The van der Waals surface area contributed by atoms with Crippen LogP contribution >= 0.6 is 11.3 Å². The molecule has 2 amide bonds. The van der Waals surface area contributed by atoms with E-state index < -0.39 is 29.9 Å². The van der Waals surface area contributed by atoms with Gasteiger partial charge < -0.3 is 20.1 Å². The second-order valence-corrected chi connectivity index (χ2v) is 10.1. The number of aryl methyl sites for hydroxylation is 2. The molecule has 0 radical (unpaired) electrons. The summed E-state index contributed by atoms with van der Waals surface area (Å²) >= 11 is 1.37. The molecule has 2 unspecified atom stereocenters. The number of carbonyl (C=O) groups excluding carboxylic acids is 4. The lowest BCUT2D eigenvalue weighted by molar-refractivity contribution is -0.152. The van der Waals surface area contributed by atoms with Crippen LogP contribution in [0.15, 0.2) is 18.2 Å². The van der Waals surface area contributed by atoms with Gasteiger partial charge in [0, 0.05) is 10.4 Å². The number of hydrogen-bond acceptors (Lipinski definition) is 7. The zero-order chi connectivity index (χ0) is 25.7. The lowest BCUT2D eigenvalue weighted by atomic mass is 9.88. The second-order valence-electron chi connectivity index (χ2n) is 8.96. The first-order valence-electron chi connectivity index (χ1n) is 11.8. The van der Waals surface area contributed by atoms with Crippen LogP contribution in [0.2, 0.25) is 0 Å². The summed E-state index contributed by atoms with van der Waals surface area (Å²) in [6, 6.07) is 5.40. The van der Waals surface area contributed by atoms with Gasteiger partial charge in [0.25, 0.3) is 11.8 Å². The van der Waals surface area contributed by atoms with Gasteiger partial charge in [-0.3, -0.25) is 14.4 Å². The van der Waals surface area contributed by atoms with E-state index in [1.165, 1.54) is 18.3 Å². The molecule has 2 atom stereocenters. The first-order chi connectivity index (χ1) is 16.6. The third-order valence-electron chi connectivity index (χ3n) is 5.78. The van der Waals surface area contributed by atoms with Crippen LogP contribution in [0.4, 0.5) is 5.00 Å². The van der Waals surface area contributed by atoms with E-state index in [9.17, 15) is 19.2 Å². The molecular formula is C26H32N2O6S. The van der Waals surface area contributed by atoms with Gasteiger partial charge in [0.1, 0.15) is 11.5 Å². The van der Waals surface area contributed by atoms with Crippen molar-refractivity contribution >= 4 is 40.1 Å². The Kier molecular flexibility index (Phi) is 8.67. The number of nitrogens with one attached hydrogen (secondary N) is 2. The Balaban J connectivity index is 1.61. The molecule has 0 aliphatic heterocycles. The number of fused-ring (bicyclic) bond motifs is 1. The number of amides is 2. The first-order valence-corrected chi connectivity index (χ1v) is 12.6. The van der Waals surface area contributed by atoms with Crippen LogP contribution in [-0.4, -0.2) is 43.0 Å². The molecule has 0 spiro atoms. The molecule has 1 aromatic heterocycles. The number of carbonyl (C=O) groups is 4. The molecule has 0 bridgehead atoms. The standard InChI is InChI=1S/C26H32N2O6S/c1-6-33-26(32)22-19-8-7-14(2)12-20(19)35-25(22)28-23(30)17(5)34-21(29)13-27-24(31)18-10-15(3)9-16(4)11-18/h9-11,14,17H,6-8,12-13H2,1-5H3,(H,27,31)(H,28,30). The van der Waals surface area contributed by atoms with E-state index in [-0.39, 0.29) is 13.2 Å². The topological polar surface area (TPSA) is 111 Å². The summed E-state index contributed by atoms with van der Waals surface area (Å²) in [7, 11) is 0. The van der Waals surface area contributed by atoms with Crippen LogP contribution in [0.3, 0.4) is 0 Å². The van der Waals surface area contributed by atoms with Gasteiger partial charge in [-0.15, -0.1) is 11.3 Å². The summed E-state index contributed by atoms with van der Waals surface area (Å²) in [6.07, 6.45) is 1.44. The fourth-order valence-electron chi connectivity index (χ4n) is 4.12. The van der Waals surface area contributed by atoms with Crippen molar-refractivity contribution in [3.63, 3.8) is 0 Å². The van der Waals surface area contributed by atoms with E-state index in [0.29, 0.717) is 22.0 Å². The Morgan fingerprint density at radius 2 is 1.83 bits per heavy atom. The van der Waals surface area contributed by atoms with Crippen molar-refractivity contribution in [2.45, 2.75) is 60.0 Å². The Morgan fingerprint density at radius 3 is 2.49 bits per heavy atom. The summed E-state index contributed by atoms with van der Waals surface area (Å²) in [5.41, 5.74) is 3.65. The van der Waals surface area contributed by atoms with E-state index >= 15 is 0 Å². The predicted octanol–water partition coefficient (Wildman–Crippen LogP) is 3.97. The van der Waals surface area contributed by atoms with E-state index in [2.05, 4.69) is 17.6 Å². The van der Waals surface area contributed by atoms with Crippen LogP contribution in [0.25, 0.3) is 0 Å². The van der Waals surface area contributed by atoms with Crippen LogP contribution < -0.4 is 10.6 Å². The van der Waals surface area contributed by atoms with Crippen molar-refractivity contribution in [3.8, 4) is 0 Å². The van der Waals surface area contributed by atoms with E-state index in [1.807, 2.05) is 19.9 Å². The molecule has 0 saturated carbocycles. The number of rotatable bonds is 8. The summed E-state index contributed by atoms with van der Waals surface area (Å²) in [5.74, 6) is -1.66. The molecule has 2 aromatic rings. The fourth-order valence-corrected chi connectivity index (χ4v) is 5.53. The quantitative estimate of drug-likeness (QED) is 0.531. The van der Waals surface area contributed by atoms with E-state index in [0.717, 1.165) is 40.8 Å². The Bertz CT molecular complexity index is 1120. The molecule has 1 aliphatic carbocycles. The van der Waals surface area contributed by atoms with Crippen LogP contribution in [-0.2, 0) is 31.9 Å². The third-order valence-corrected chi connectivity index (χ3v) is 6.95. The highest BCUT2D eigenvalue weighted by atomic mass is 32.1. The minimum Gasteiger partial charge on any atom is -0.462 e. The van der Waals surface area contributed by atoms with Crippen molar-refractivity contribution < 1.29 is 28.7 Å². The second kappa shape index (κ2) is 11.5. The average molecular weight is 501 g/mol. The van der Waals surface area contributed by atoms with Crippen molar-refractivity contribution in [2.75, 3.05) is 18.5 Å². The van der Waals surface area contributed by atoms with Crippen LogP contribution in [0.1, 0.15) is 69.5 Å². The highest BCUT2D eigenvalue weighted by Crippen LogP contribution is 2.40. The van der Waals surface area contributed by atoms with Gasteiger partial charge in [0.15, 0.2) is 6.10 Å². The molecule has 3 rings (SSSR count). The van der Waals surface area contributed by atoms with E-state index in [4.69, 9.17) is 9.47 Å². The molecule has 1 heterocycles. The highest BCUT2D eigenvalue weighted by molar-refractivity contribution is 7.17. The molecule has 0 fully saturated rings. The lowest BCUT2D eigenvalue weighted by Gasteiger charge is -2.18. The molecule has 35 heavy (non-hydrogen) atoms. The molecule has 1 aromatic carbocycles. The van der Waals surface area contributed by atoms with Gasteiger partial charge in [-0.25, -0.2) is 4.79 Å². The van der Waals surface area contributed by atoms with Gasteiger partial charge in [-0.2, -0.15) is 0 Å².